The maximum atomic E-state index is 13.2. The third-order valence-electron chi connectivity index (χ3n) is 6.38. The second-order valence-corrected chi connectivity index (χ2v) is 8.75. The fourth-order valence-corrected chi connectivity index (χ4v) is 4.39. The van der Waals surface area contributed by atoms with Crippen LogP contribution in [-0.2, 0) is 18.0 Å². The fraction of sp³-hybridized carbons (Fsp3) is 0.360. The minimum atomic E-state index is -4.44. The summed E-state index contributed by atoms with van der Waals surface area (Å²) in [5, 5.41) is 12.3. The molecule has 2 aromatic heterocycles. The predicted molar refractivity (Wildman–Crippen MR) is 128 cm³/mol. The highest BCUT2D eigenvalue weighted by Gasteiger charge is 2.31. The second kappa shape index (κ2) is 9.16. The van der Waals surface area contributed by atoms with Crippen LogP contribution >= 0.6 is 0 Å². The number of pyridine rings is 1. The molecular weight excluding hydrogens is 459 g/mol. The van der Waals surface area contributed by atoms with Crippen LogP contribution in [0.5, 0.6) is 0 Å². The summed E-state index contributed by atoms with van der Waals surface area (Å²) in [7, 11) is 1.66. The Morgan fingerprint density at radius 1 is 1.20 bits per heavy atom. The first-order chi connectivity index (χ1) is 16.5. The molecule has 3 heterocycles. The number of nitrogens with zero attached hydrogens (tertiary/aromatic N) is 4. The summed E-state index contributed by atoms with van der Waals surface area (Å²) in [5.74, 6) is 0.349. The van der Waals surface area contributed by atoms with Crippen molar-refractivity contribution < 1.29 is 18.0 Å². The molecule has 184 valence electrons. The van der Waals surface area contributed by atoms with E-state index >= 15 is 0 Å². The lowest BCUT2D eigenvalue weighted by atomic mass is 9.98. The van der Waals surface area contributed by atoms with Gasteiger partial charge in [0.2, 0.25) is 5.91 Å². The van der Waals surface area contributed by atoms with Gasteiger partial charge < -0.3 is 14.8 Å². The normalized spacial score (nSPS) is 15.2. The van der Waals surface area contributed by atoms with Crippen molar-refractivity contribution in [3.63, 3.8) is 0 Å². The Kier molecular flexibility index (Phi) is 6.40. The minimum Gasteiger partial charge on any atom is -0.361 e. The van der Waals surface area contributed by atoms with Crippen molar-refractivity contribution in [2.24, 2.45) is 7.05 Å². The largest absolute Gasteiger partial charge is 0.416 e. The lowest BCUT2D eigenvalue weighted by molar-refractivity contribution is -0.137. The van der Waals surface area contributed by atoms with E-state index in [1.807, 2.05) is 6.08 Å². The third kappa shape index (κ3) is 4.78. The number of halogens is 3. The van der Waals surface area contributed by atoms with Crippen molar-refractivity contribution in [1.29, 1.82) is 0 Å². The number of alkyl halides is 3. The van der Waals surface area contributed by atoms with Crippen LogP contribution in [0.2, 0.25) is 0 Å². The number of aryl methyl sites for hydroxylation is 2. The Labute approximate surface area is 200 Å². The Balaban J connectivity index is 1.76. The van der Waals surface area contributed by atoms with Crippen molar-refractivity contribution in [3.05, 3.63) is 69.1 Å². The summed E-state index contributed by atoms with van der Waals surface area (Å²) in [6.45, 7) is 5.95. The van der Waals surface area contributed by atoms with E-state index in [-0.39, 0.29) is 11.5 Å². The van der Waals surface area contributed by atoms with Gasteiger partial charge in [-0.15, -0.1) is 5.10 Å². The van der Waals surface area contributed by atoms with Crippen molar-refractivity contribution >= 4 is 28.2 Å². The van der Waals surface area contributed by atoms with Crippen LogP contribution in [0, 0.1) is 6.92 Å². The topological polar surface area (TPSA) is 80.1 Å². The maximum Gasteiger partial charge on any atom is 0.416 e. The van der Waals surface area contributed by atoms with Gasteiger partial charge in [0.1, 0.15) is 0 Å². The number of fused-ring (bicyclic) bond motifs is 1. The van der Waals surface area contributed by atoms with Crippen LogP contribution in [0.25, 0.3) is 16.5 Å². The van der Waals surface area contributed by atoms with Gasteiger partial charge in [-0.25, -0.2) is 0 Å². The molecule has 3 aromatic rings. The van der Waals surface area contributed by atoms with Crippen LogP contribution in [0.4, 0.5) is 19.0 Å². The molecule has 1 atom stereocenters. The molecule has 0 unspecified atom stereocenters. The summed E-state index contributed by atoms with van der Waals surface area (Å²) < 4.78 is 41.1. The van der Waals surface area contributed by atoms with E-state index in [0.29, 0.717) is 53.1 Å². The number of anilines is 1. The molecule has 7 nitrogen and oxygen atoms in total. The summed E-state index contributed by atoms with van der Waals surface area (Å²) in [6, 6.07) is 6.38. The fourth-order valence-electron chi connectivity index (χ4n) is 4.39. The summed E-state index contributed by atoms with van der Waals surface area (Å²) in [4.78, 5) is 26.6. The number of benzene rings is 1. The zero-order valence-electron chi connectivity index (χ0n) is 19.9. The van der Waals surface area contributed by atoms with E-state index < -0.39 is 17.8 Å². The molecule has 0 spiro atoms. The number of aromatic nitrogens is 3. The zero-order valence-corrected chi connectivity index (χ0v) is 19.9. The standard InChI is InChI=1S/C25H26F3N5O2/c1-14(18-6-5-7-19(12-18)25(26,27)28)29-23-21-13-20(17-8-10-33(11-9-17)16(3)34)24(35)32(4)22(21)15(2)30-31-23/h5-8,12-14H,9-11H2,1-4H3,(H,29,31)/t14-/m1/s1. The van der Waals surface area contributed by atoms with E-state index in [0.717, 1.165) is 17.7 Å². The van der Waals surface area contributed by atoms with Gasteiger partial charge in [-0.2, -0.15) is 18.3 Å². The predicted octanol–water partition coefficient (Wildman–Crippen LogP) is 4.46. The first-order valence-electron chi connectivity index (χ1n) is 11.2. The van der Waals surface area contributed by atoms with E-state index in [1.54, 1.807) is 37.9 Å². The molecule has 0 saturated carbocycles. The molecule has 4 rings (SSSR count). The van der Waals surface area contributed by atoms with E-state index in [4.69, 9.17) is 0 Å². The van der Waals surface area contributed by atoms with Crippen LogP contribution in [0.15, 0.2) is 41.2 Å². The Bertz CT molecular complexity index is 1390. The molecule has 1 aliphatic heterocycles. The van der Waals surface area contributed by atoms with Gasteiger partial charge in [0.25, 0.3) is 5.56 Å². The molecule has 1 aromatic carbocycles. The number of carbonyl (C=O) groups excluding carboxylic acids is 1. The summed E-state index contributed by atoms with van der Waals surface area (Å²) in [6.07, 6.45) is -2.01. The van der Waals surface area contributed by atoms with Gasteiger partial charge >= 0.3 is 6.18 Å². The quantitative estimate of drug-likeness (QED) is 0.590. The number of amides is 1. The van der Waals surface area contributed by atoms with Gasteiger partial charge in [-0.05, 0) is 49.6 Å². The number of carbonyl (C=O) groups is 1. The third-order valence-corrected chi connectivity index (χ3v) is 6.38. The maximum absolute atomic E-state index is 13.2. The Morgan fingerprint density at radius 2 is 1.94 bits per heavy atom. The Morgan fingerprint density at radius 3 is 2.57 bits per heavy atom. The van der Waals surface area contributed by atoms with Crippen molar-refractivity contribution in [3.8, 4) is 0 Å². The van der Waals surface area contributed by atoms with Gasteiger partial charge in [-0.1, -0.05) is 18.2 Å². The molecule has 0 fully saturated rings. The van der Waals surface area contributed by atoms with E-state index in [2.05, 4.69) is 15.5 Å². The minimum absolute atomic E-state index is 0.0207. The molecule has 0 radical (unpaired) electrons. The number of nitrogens with one attached hydrogen (secondary N) is 1. The SMILES string of the molecule is CC(=O)N1CC=C(c2cc3c(N[C@H](C)c4cccc(C(F)(F)F)c4)nnc(C)c3n(C)c2=O)CC1. The molecule has 0 saturated heterocycles. The molecular formula is C25H26F3N5O2. The van der Waals surface area contributed by atoms with Gasteiger partial charge in [0, 0.05) is 38.0 Å². The molecule has 0 aliphatic carbocycles. The van der Waals surface area contributed by atoms with Crippen LogP contribution in [0.1, 0.15) is 48.7 Å². The van der Waals surface area contributed by atoms with E-state index in [1.165, 1.54) is 17.6 Å². The van der Waals surface area contributed by atoms with Crippen LogP contribution < -0.4 is 10.9 Å². The molecule has 1 amide bonds. The number of hydrogen-bond acceptors (Lipinski definition) is 5. The average Bonchev–Trinajstić information content (AvgIpc) is 2.82. The summed E-state index contributed by atoms with van der Waals surface area (Å²) in [5.41, 5.74) is 2.03. The molecule has 0 bridgehead atoms. The first kappa shape index (κ1) is 24.4. The highest BCUT2D eigenvalue weighted by atomic mass is 19.4. The Hall–Kier alpha value is -3.69. The average molecular weight is 486 g/mol. The van der Waals surface area contributed by atoms with Crippen molar-refractivity contribution in [2.45, 2.75) is 39.4 Å². The summed E-state index contributed by atoms with van der Waals surface area (Å²) >= 11 is 0. The number of rotatable bonds is 4. The smallest absolute Gasteiger partial charge is 0.361 e. The molecule has 35 heavy (non-hydrogen) atoms. The van der Waals surface area contributed by atoms with Crippen LogP contribution in [0.3, 0.4) is 0 Å². The monoisotopic (exact) mass is 485 g/mol. The van der Waals surface area contributed by atoms with Crippen molar-refractivity contribution in [2.75, 3.05) is 18.4 Å². The van der Waals surface area contributed by atoms with E-state index in [9.17, 15) is 22.8 Å². The lowest BCUT2D eigenvalue weighted by Crippen LogP contribution is -2.33. The molecule has 10 heteroatoms. The van der Waals surface area contributed by atoms with Crippen molar-refractivity contribution in [1.82, 2.24) is 19.7 Å². The second-order valence-electron chi connectivity index (χ2n) is 8.75. The number of hydrogen-bond donors (Lipinski definition) is 1. The highest BCUT2D eigenvalue weighted by Crippen LogP contribution is 2.33. The van der Waals surface area contributed by atoms with Gasteiger partial charge in [-0.3, -0.25) is 9.59 Å². The molecule has 1 aliphatic rings. The highest BCUT2D eigenvalue weighted by molar-refractivity contribution is 5.93. The zero-order chi connectivity index (χ0) is 25.5. The van der Waals surface area contributed by atoms with Crippen LogP contribution in [-0.4, -0.2) is 38.7 Å². The van der Waals surface area contributed by atoms with Gasteiger partial charge in [0.05, 0.1) is 22.8 Å². The lowest BCUT2D eigenvalue weighted by Gasteiger charge is -2.25. The van der Waals surface area contributed by atoms with Gasteiger partial charge in [0.15, 0.2) is 5.82 Å². The first-order valence-corrected chi connectivity index (χ1v) is 11.2. The molecule has 1 N–H and O–H groups in total.